The van der Waals surface area contributed by atoms with Crippen LogP contribution in [0.2, 0.25) is 0 Å². The van der Waals surface area contributed by atoms with Gasteiger partial charge in [0.05, 0.1) is 13.2 Å². The van der Waals surface area contributed by atoms with Crippen LogP contribution in [0.4, 0.5) is 0 Å². The summed E-state index contributed by atoms with van der Waals surface area (Å²) in [5.74, 6) is -0.473. The van der Waals surface area contributed by atoms with Gasteiger partial charge in [-0.25, -0.2) is 0 Å². The summed E-state index contributed by atoms with van der Waals surface area (Å²) in [5, 5.41) is 2.83. The Kier molecular flexibility index (Phi) is 9.70. The lowest BCUT2D eigenvalue weighted by Gasteiger charge is -2.05. The number of unbranched alkanes of at least 4 members (excludes halogenated alkanes) is 1. The van der Waals surface area contributed by atoms with Crippen molar-refractivity contribution in [1.29, 1.82) is 0 Å². The molecule has 0 atom stereocenters. The van der Waals surface area contributed by atoms with Crippen LogP contribution in [0, 0.1) is 0 Å². The second kappa shape index (κ2) is 10.4. The first-order valence-corrected chi connectivity index (χ1v) is 5.72. The van der Waals surface area contributed by atoms with Gasteiger partial charge in [-0.15, -0.1) is 0 Å². The Morgan fingerprint density at radius 1 is 1.12 bits per heavy atom. The predicted molar refractivity (Wildman–Crippen MR) is 60.0 cm³/mol. The highest BCUT2D eigenvalue weighted by Crippen LogP contribution is 1.95. The Morgan fingerprint density at radius 2 is 1.88 bits per heavy atom. The number of hydrogen-bond donors (Lipinski definition) is 1. The molecule has 0 aromatic carbocycles. The van der Waals surface area contributed by atoms with Crippen molar-refractivity contribution in [2.75, 3.05) is 26.3 Å². The van der Waals surface area contributed by atoms with E-state index in [0.717, 1.165) is 12.8 Å². The molecule has 0 rings (SSSR count). The van der Waals surface area contributed by atoms with E-state index in [1.165, 1.54) is 0 Å². The summed E-state index contributed by atoms with van der Waals surface area (Å²) in [6, 6.07) is 0. The average molecular weight is 231 g/mol. The van der Waals surface area contributed by atoms with Gasteiger partial charge in [-0.3, -0.25) is 9.59 Å². The minimum absolute atomic E-state index is 0.153. The number of carbonyl (C=O) groups excluding carboxylic acids is 2. The van der Waals surface area contributed by atoms with E-state index >= 15 is 0 Å². The molecule has 5 nitrogen and oxygen atoms in total. The second-order valence-corrected chi connectivity index (χ2v) is 3.31. The lowest BCUT2D eigenvalue weighted by molar-refractivity contribution is -0.143. The molecule has 94 valence electrons. The molecule has 1 N–H and O–H groups in total. The minimum atomic E-state index is -0.292. The minimum Gasteiger partial charge on any atom is -0.465 e. The van der Waals surface area contributed by atoms with Crippen molar-refractivity contribution in [1.82, 2.24) is 5.32 Å². The third-order valence-corrected chi connectivity index (χ3v) is 1.85. The zero-order chi connectivity index (χ0) is 12.2. The fourth-order valence-corrected chi connectivity index (χ4v) is 1.03. The van der Waals surface area contributed by atoms with E-state index in [1.807, 2.05) is 6.92 Å². The van der Waals surface area contributed by atoms with Crippen molar-refractivity contribution in [2.24, 2.45) is 0 Å². The highest BCUT2D eigenvalue weighted by Gasteiger charge is 2.02. The van der Waals surface area contributed by atoms with Gasteiger partial charge < -0.3 is 14.8 Å². The SMILES string of the molecule is CCCCC(=O)OCCNCC(=O)OCC. The van der Waals surface area contributed by atoms with Crippen LogP contribution in [-0.2, 0) is 19.1 Å². The number of nitrogens with one attached hydrogen (secondary N) is 1. The van der Waals surface area contributed by atoms with Crippen molar-refractivity contribution in [3.05, 3.63) is 0 Å². The van der Waals surface area contributed by atoms with Gasteiger partial charge in [0.2, 0.25) is 0 Å². The van der Waals surface area contributed by atoms with Crippen molar-refractivity contribution in [2.45, 2.75) is 33.1 Å². The van der Waals surface area contributed by atoms with Crippen LogP contribution < -0.4 is 5.32 Å². The zero-order valence-electron chi connectivity index (χ0n) is 10.1. The molecule has 0 bridgehead atoms. The summed E-state index contributed by atoms with van der Waals surface area (Å²) >= 11 is 0. The third kappa shape index (κ3) is 9.45. The largest absolute Gasteiger partial charge is 0.465 e. The molecule has 0 aromatic rings. The molecule has 0 radical (unpaired) electrons. The summed E-state index contributed by atoms with van der Waals surface area (Å²) < 4.78 is 9.65. The Balaban J connectivity index is 3.26. The van der Waals surface area contributed by atoms with Crippen LogP contribution in [0.15, 0.2) is 0 Å². The first kappa shape index (κ1) is 14.9. The fourth-order valence-electron chi connectivity index (χ4n) is 1.03. The van der Waals surface area contributed by atoms with E-state index in [0.29, 0.717) is 26.2 Å². The van der Waals surface area contributed by atoms with Gasteiger partial charge in [-0.1, -0.05) is 13.3 Å². The maximum Gasteiger partial charge on any atom is 0.319 e. The van der Waals surface area contributed by atoms with Crippen LogP contribution in [-0.4, -0.2) is 38.2 Å². The van der Waals surface area contributed by atoms with Crippen molar-refractivity contribution in [3.63, 3.8) is 0 Å². The molecule has 5 heteroatoms. The molecule has 0 aromatic heterocycles. The van der Waals surface area contributed by atoms with E-state index in [4.69, 9.17) is 9.47 Å². The van der Waals surface area contributed by atoms with Crippen molar-refractivity contribution < 1.29 is 19.1 Å². The summed E-state index contributed by atoms with van der Waals surface area (Å²) in [6.07, 6.45) is 2.31. The summed E-state index contributed by atoms with van der Waals surface area (Å²) in [6.45, 7) is 5.08. The molecule has 0 heterocycles. The van der Waals surface area contributed by atoms with Crippen LogP contribution >= 0.6 is 0 Å². The third-order valence-electron chi connectivity index (χ3n) is 1.85. The first-order chi connectivity index (χ1) is 7.70. The number of carbonyl (C=O) groups is 2. The Labute approximate surface area is 96.5 Å². The highest BCUT2D eigenvalue weighted by atomic mass is 16.5. The molecule has 0 aliphatic carbocycles. The smallest absolute Gasteiger partial charge is 0.319 e. The Morgan fingerprint density at radius 3 is 2.50 bits per heavy atom. The van der Waals surface area contributed by atoms with Gasteiger partial charge in [-0.2, -0.15) is 0 Å². The van der Waals surface area contributed by atoms with Gasteiger partial charge in [0.15, 0.2) is 0 Å². The van der Waals surface area contributed by atoms with Crippen LogP contribution in [0.1, 0.15) is 33.1 Å². The van der Waals surface area contributed by atoms with E-state index in [9.17, 15) is 9.59 Å². The fraction of sp³-hybridized carbons (Fsp3) is 0.818. The summed E-state index contributed by atoms with van der Waals surface area (Å²) in [4.78, 5) is 21.9. The van der Waals surface area contributed by atoms with Gasteiger partial charge in [0, 0.05) is 13.0 Å². The maximum atomic E-state index is 11.1. The zero-order valence-corrected chi connectivity index (χ0v) is 10.1. The summed E-state index contributed by atoms with van der Waals surface area (Å²) in [5.41, 5.74) is 0. The van der Waals surface area contributed by atoms with Crippen molar-refractivity contribution >= 4 is 11.9 Å². The van der Waals surface area contributed by atoms with Crippen LogP contribution in [0.25, 0.3) is 0 Å². The molecule has 0 saturated heterocycles. The van der Waals surface area contributed by atoms with E-state index in [-0.39, 0.29) is 18.5 Å². The van der Waals surface area contributed by atoms with Gasteiger partial charge in [0.25, 0.3) is 0 Å². The number of ether oxygens (including phenoxy) is 2. The molecule has 0 amide bonds. The van der Waals surface area contributed by atoms with E-state index < -0.39 is 0 Å². The highest BCUT2D eigenvalue weighted by molar-refractivity contribution is 5.71. The monoisotopic (exact) mass is 231 g/mol. The number of esters is 2. The van der Waals surface area contributed by atoms with Crippen molar-refractivity contribution in [3.8, 4) is 0 Å². The van der Waals surface area contributed by atoms with Crippen LogP contribution in [0.3, 0.4) is 0 Å². The number of rotatable bonds is 9. The van der Waals surface area contributed by atoms with E-state index in [2.05, 4.69) is 5.32 Å². The standard InChI is InChI=1S/C11H21NO4/c1-3-5-6-10(13)16-8-7-12-9-11(14)15-4-2/h12H,3-9H2,1-2H3. The molecule has 0 unspecified atom stereocenters. The Bertz CT molecular complexity index is 206. The number of hydrogen-bond acceptors (Lipinski definition) is 5. The normalized spacial score (nSPS) is 9.88. The lowest BCUT2D eigenvalue weighted by atomic mass is 10.2. The van der Waals surface area contributed by atoms with Gasteiger partial charge in [0.1, 0.15) is 6.61 Å². The second-order valence-electron chi connectivity index (χ2n) is 3.31. The maximum absolute atomic E-state index is 11.1. The molecular formula is C11H21NO4. The lowest BCUT2D eigenvalue weighted by Crippen LogP contribution is -2.28. The van der Waals surface area contributed by atoms with E-state index in [1.54, 1.807) is 6.92 Å². The average Bonchev–Trinajstić information content (AvgIpc) is 2.26. The summed E-state index contributed by atoms with van der Waals surface area (Å²) in [7, 11) is 0. The molecule has 0 aliphatic rings. The molecule has 0 aliphatic heterocycles. The first-order valence-electron chi connectivity index (χ1n) is 5.72. The molecule has 0 saturated carbocycles. The predicted octanol–water partition coefficient (Wildman–Crippen LogP) is 0.873. The Hall–Kier alpha value is -1.10. The van der Waals surface area contributed by atoms with Crippen LogP contribution in [0.5, 0.6) is 0 Å². The molecule has 0 spiro atoms. The van der Waals surface area contributed by atoms with Gasteiger partial charge in [-0.05, 0) is 13.3 Å². The molecule has 16 heavy (non-hydrogen) atoms. The molecule has 0 fully saturated rings. The van der Waals surface area contributed by atoms with Gasteiger partial charge >= 0.3 is 11.9 Å². The molecular weight excluding hydrogens is 210 g/mol. The topological polar surface area (TPSA) is 64.6 Å². The quantitative estimate of drug-likeness (QED) is 0.471.